The van der Waals surface area contributed by atoms with Crippen molar-refractivity contribution in [3.8, 4) is 0 Å². The Morgan fingerprint density at radius 3 is 2.35 bits per heavy atom. The van der Waals surface area contributed by atoms with E-state index in [1.54, 1.807) is 0 Å². The van der Waals surface area contributed by atoms with Gasteiger partial charge in [0.1, 0.15) is 0 Å². The second-order valence-electron chi connectivity index (χ2n) is 5.27. The first-order chi connectivity index (χ1) is 8.13. The molecule has 0 aromatic heterocycles. The van der Waals surface area contributed by atoms with E-state index in [-0.39, 0.29) is 6.10 Å². The van der Waals surface area contributed by atoms with E-state index in [0.29, 0.717) is 5.92 Å². The van der Waals surface area contributed by atoms with Crippen LogP contribution in [0.1, 0.15) is 51.2 Å². The summed E-state index contributed by atoms with van der Waals surface area (Å²) in [6.45, 7) is 6.37. The maximum atomic E-state index is 9.80. The van der Waals surface area contributed by atoms with Crippen LogP contribution >= 0.6 is 0 Å². The van der Waals surface area contributed by atoms with Gasteiger partial charge in [-0.3, -0.25) is 0 Å². The van der Waals surface area contributed by atoms with Gasteiger partial charge < -0.3 is 5.11 Å². The highest BCUT2D eigenvalue weighted by molar-refractivity contribution is 5.23. The fourth-order valence-electron chi connectivity index (χ4n) is 1.97. The smallest absolute Gasteiger partial charge is 0.0566 e. The van der Waals surface area contributed by atoms with Gasteiger partial charge in [-0.15, -0.1) is 0 Å². The highest BCUT2D eigenvalue weighted by Gasteiger charge is 2.08. The Morgan fingerprint density at radius 1 is 1.12 bits per heavy atom. The monoisotopic (exact) mass is 234 g/mol. The lowest BCUT2D eigenvalue weighted by molar-refractivity contribution is 0.116. The molecule has 0 radical (unpaired) electrons. The molecule has 0 aliphatic carbocycles. The summed E-state index contributed by atoms with van der Waals surface area (Å²) in [5.74, 6) is 0.360. The van der Waals surface area contributed by atoms with E-state index in [4.69, 9.17) is 0 Å². The molecule has 0 saturated heterocycles. The lowest BCUT2D eigenvalue weighted by atomic mass is 9.97. The van der Waals surface area contributed by atoms with Crippen molar-refractivity contribution in [3.63, 3.8) is 0 Å². The van der Waals surface area contributed by atoms with Crippen LogP contribution in [0.4, 0.5) is 0 Å². The molecule has 0 aliphatic rings. The summed E-state index contributed by atoms with van der Waals surface area (Å²) in [7, 11) is 0. The molecule has 0 amide bonds. The maximum absolute atomic E-state index is 9.80. The molecule has 1 heteroatoms. The van der Waals surface area contributed by atoms with Gasteiger partial charge in [-0.05, 0) is 42.7 Å². The summed E-state index contributed by atoms with van der Waals surface area (Å²) in [4.78, 5) is 0. The predicted octanol–water partition coefficient (Wildman–Crippen LogP) is 3.98. The fraction of sp³-hybridized carbons (Fsp3) is 0.625. The van der Waals surface area contributed by atoms with Gasteiger partial charge in [-0.2, -0.15) is 0 Å². The number of aliphatic hydroxyl groups is 1. The van der Waals surface area contributed by atoms with Gasteiger partial charge in [0, 0.05) is 0 Å². The van der Waals surface area contributed by atoms with Crippen molar-refractivity contribution in [1.82, 2.24) is 0 Å². The third-order valence-electron chi connectivity index (χ3n) is 3.31. The van der Waals surface area contributed by atoms with Crippen LogP contribution in [0.5, 0.6) is 0 Å². The largest absolute Gasteiger partial charge is 0.393 e. The number of hydrogen-bond donors (Lipinski definition) is 1. The third-order valence-corrected chi connectivity index (χ3v) is 3.31. The number of aryl methyl sites for hydroxylation is 2. The minimum Gasteiger partial charge on any atom is -0.393 e. The first-order valence-corrected chi connectivity index (χ1v) is 6.89. The SMILES string of the molecule is CCCCc1cccc(CCC(O)C(C)C)c1. The average Bonchev–Trinajstić information content (AvgIpc) is 2.33. The van der Waals surface area contributed by atoms with Crippen LogP contribution in [0, 0.1) is 5.92 Å². The molecule has 1 aromatic carbocycles. The Morgan fingerprint density at radius 2 is 1.76 bits per heavy atom. The second kappa shape index (κ2) is 7.50. The van der Waals surface area contributed by atoms with E-state index in [1.165, 1.54) is 30.4 Å². The minimum atomic E-state index is -0.172. The highest BCUT2D eigenvalue weighted by atomic mass is 16.3. The Labute approximate surface area is 106 Å². The maximum Gasteiger partial charge on any atom is 0.0566 e. The summed E-state index contributed by atoms with van der Waals surface area (Å²) in [6.07, 6.45) is 5.37. The molecule has 0 spiro atoms. The van der Waals surface area contributed by atoms with Crippen molar-refractivity contribution in [1.29, 1.82) is 0 Å². The fourth-order valence-corrected chi connectivity index (χ4v) is 1.97. The van der Waals surface area contributed by atoms with Gasteiger partial charge in [0.25, 0.3) is 0 Å². The molecular weight excluding hydrogens is 208 g/mol. The number of unbranched alkanes of at least 4 members (excludes halogenated alkanes) is 1. The van der Waals surface area contributed by atoms with Crippen LogP contribution in [-0.4, -0.2) is 11.2 Å². The normalized spacial score (nSPS) is 13.0. The Balaban J connectivity index is 2.48. The zero-order valence-electron chi connectivity index (χ0n) is 11.4. The number of rotatable bonds is 7. The van der Waals surface area contributed by atoms with E-state index in [0.717, 1.165) is 12.8 Å². The molecule has 17 heavy (non-hydrogen) atoms. The van der Waals surface area contributed by atoms with Crippen LogP contribution in [0.15, 0.2) is 24.3 Å². The summed E-state index contributed by atoms with van der Waals surface area (Å²) in [6, 6.07) is 8.81. The highest BCUT2D eigenvalue weighted by Crippen LogP contribution is 2.13. The van der Waals surface area contributed by atoms with Gasteiger partial charge in [-0.1, -0.05) is 51.5 Å². The van der Waals surface area contributed by atoms with E-state index >= 15 is 0 Å². The van der Waals surface area contributed by atoms with Crippen molar-refractivity contribution >= 4 is 0 Å². The van der Waals surface area contributed by atoms with E-state index < -0.39 is 0 Å². The zero-order chi connectivity index (χ0) is 12.7. The van der Waals surface area contributed by atoms with Crippen molar-refractivity contribution in [2.45, 2.75) is 59.0 Å². The van der Waals surface area contributed by atoms with Gasteiger partial charge in [-0.25, -0.2) is 0 Å². The number of benzene rings is 1. The molecule has 0 heterocycles. The minimum absolute atomic E-state index is 0.172. The Kier molecular flexibility index (Phi) is 6.28. The Hall–Kier alpha value is -0.820. The van der Waals surface area contributed by atoms with Crippen LogP contribution in [0.3, 0.4) is 0 Å². The lowest BCUT2D eigenvalue weighted by Gasteiger charge is -2.14. The molecule has 1 atom stereocenters. The summed E-state index contributed by atoms with van der Waals surface area (Å²) >= 11 is 0. The first-order valence-electron chi connectivity index (χ1n) is 6.89. The molecule has 1 aromatic rings. The van der Waals surface area contributed by atoms with Crippen molar-refractivity contribution in [3.05, 3.63) is 35.4 Å². The molecule has 0 saturated carbocycles. The number of aliphatic hydroxyl groups excluding tert-OH is 1. The quantitative estimate of drug-likeness (QED) is 0.756. The number of hydrogen-bond acceptors (Lipinski definition) is 1. The molecule has 1 unspecified atom stereocenters. The summed E-state index contributed by atoms with van der Waals surface area (Å²) < 4.78 is 0. The van der Waals surface area contributed by atoms with Crippen LogP contribution in [-0.2, 0) is 12.8 Å². The van der Waals surface area contributed by atoms with Crippen LogP contribution in [0.25, 0.3) is 0 Å². The molecule has 0 aliphatic heterocycles. The van der Waals surface area contributed by atoms with E-state index in [9.17, 15) is 5.11 Å². The lowest BCUT2D eigenvalue weighted by Crippen LogP contribution is -2.15. The Bertz CT molecular complexity index is 317. The van der Waals surface area contributed by atoms with Crippen molar-refractivity contribution < 1.29 is 5.11 Å². The average molecular weight is 234 g/mol. The van der Waals surface area contributed by atoms with Crippen LogP contribution in [0.2, 0.25) is 0 Å². The molecule has 1 nitrogen and oxygen atoms in total. The molecule has 0 bridgehead atoms. The van der Waals surface area contributed by atoms with Crippen molar-refractivity contribution in [2.75, 3.05) is 0 Å². The van der Waals surface area contributed by atoms with E-state index in [1.807, 2.05) is 0 Å². The van der Waals surface area contributed by atoms with Crippen molar-refractivity contribution in [2.24, 2.45) is 5.92 Å². The van der Waals surface area contributed by atoms with Gasteiger partial charge in [0.15, 0.2) is 0 Å². The summed E-state index contributed by atoms with van der Waals surface area (Å²) in [5.41, 5.74) is 2.79. The first kappa shape index (κ1) is 14.2. The standard InChI is InChI=1S/C16H26O/c1-4-5-7-14-8-6-9-15(12-14)10-11-16(17)13(2)3/h6,8-9,12-13,16-17H,4-5,7,10-11H2,1-3H3. The zero-order valence-corrected chi connectivity index (χ0v) is 11.4. The third kappa shape index (κ3) is 5.36. The molecule has 96 valence electrons. The molecule has 1 rings (SSSR count). The molecule has 0 fully saturated rings. The predicted molar refractivity (Wildman–Crippen MR) is 74.2 cm³/mol. The van der Waals surface area contributed by atoms with E-state index in [2.05, 4.69) is 45.0 Å². The van der Waals surface area contributed by atoms with Gasteiger partial charge >= 0.3 is 0 Å². The summed E-state index contributed by atoms with van der Waals surface area (Å²) in [5, 5.41) is 9.80. The van der Waals surface area contributed by atoms with Crippen LogP contribution < -0.4 is 0 Å². The van der Waals surface area contributed by atoms with Gasteiger partial charge in [0.05, 0.1) is 6.10 Å². The topological polar surface area (TPSA) is 20.2 Å². The molecular formula is C16H26O. The van der Waals surface area contributed by atoms with Gasteiger partial charge in [0.2, 0.25) is 0 Å². The molecule has 1 N–H and O–H groups in total. The second-order valence-corrected chi connectivity index (χ2v) is 5.27.